The summed E-state index contributed by atoms with van der Waals surface area (Å²) in [6.45, 7) is 1.30. The Morgan fingerprint density at radius 3 is 2.73 bits per heavy atom. The van der Waals surface area contributed by atoms with Crippen molar-refractivity contribution >= 4 is 11.3 Å². The summed E-state index contributed by atoms with van der Waals surface area (Å²) in [6.07, 6.45) is 0.916. The van der Waals surface area contributed by atoms with Gasteiger partial charge in [-0.1, -0.05) is 6.07 Å². The van der Waals surface area contributed by atoms with E-state index < -0.39 is 0 Å². The van der Waals surface area contributed by atoms with Gasteiger partial charge in [0.25, 0.3) is 0 Å². The Morgan fingerprint density at radius 2 is 2.09 bits per heavy atom. The number of thiophene rings is 1. The van der Waals surface area contributed by atoms with Gasteiger partial charge in [-0.25, -0.2) is 0 Å². The third-order valence-electron chi connectivity index (χ3n) is 4.06. The van der Waals surface area contributed by atoms with E-state index in [1.165, 1.54) is 16.0 Å². The van der Waals surface area contributed by atoms with Gasteiger partial charge in [-0.3, -0.25) is 4.90 Å². The van der Waals surface area contributed by atoms with Gasteiger partial charge in [0.05, 0.1) is 32.9 Å². The summed E-state index contributed by atoms with van der Waals surface area (Å²) in [7, 11) is 3.31. The molecule has 0 aliphatic carbocycles. The monoisotopic (exact) mass is 314 g/mol. The average molecular weight is 314 g/mol. The third-order valence-corrected chi connectivity index (χ3v) is 4.98. The molecule has 114 valence electrons. The fourth-order valence-corrected chi connectivity index (χ4v) is 3.92. The average Bonchev–Trinajstić information content (AvgIpc) is 3.07. The molecule has 0 radical (unpaired) electrons. The van der Waals surface area contributed by atoms with E-state index in [0.717, 1.165) is 24.5 Å². The molecule has 0 fully saturated rings. The molecule has 22 heavy (non-hydrogen) atoms. The van der Waals surface area contributed by atoms with Gasteiger partial charge < -0.3 is 9.47 Å². The number of nitrogens with zero attached hydrogens (tertiary/aromatic N) is 2. The van der Waals surface area contributed by atoms with Crippen LogP contribution in [0.4, 0.5) is 0 Å². The van der Waals surface area contributed by atoms with Crippen LogP contribution in [0, 0.1) is 11.3 Å². The maximum absolute atomic E-state index is 9.13. The van der Waals surface area contributed by atoms with Crippen molar-refractivity contribution in [1.82, 2.24) is 4.90 Å². The highest BCUT2D eigenvalue weighted by molar-refractivity contribution is 7.10. The minimum atomic E-state index is 0.114. The van der Waals surface area contributed by atoms with Crippen LogP contribution in [0.15, 0.2) is 29.6 Å². The van der Waals surface area contributed by atoms with E-state index >= 15 is 0 Å². The van der Waals surface area contributed by atoms with Crippen LogP contribution in [-0.2, 0) is 6.42 Å². The zero-order chi connectivity index (χ0) is 15.5. The maximum Gasteiger partial charge on any atom is 0.161 e. The first-order valence-corrected chi connectivity index (χ1v) is 8.05. The molecule has 0 saturated heterocycles. The van der Waals surface area contributed by atoms with Gasteiger partial charge in [-0.2, -0.15) is 5.26 Å². The Hall–Kier alpha value is -2.03. The highest BCUT2D eigenvalue weighted by Crippen LogP contribution is 2.41. The summed E-state index contributed by atoms with van der Waals surface area (Å²) in [5, 5.41) is 11.2. The topological polar surface area (TPSA) is 45.5 Å². The van der Waals surface area contributed by atoms with Crippen LogP contribution in [0.2, 0.25) is 0 Å². The zero-order valence-electron chi connectivity index (χ0n) is 12.7. The number of benzene rings is 1. The molecular weight excluding hydrogens is 296 g/mol. The van der Waals surface area contributed by atoms with Crippen LogP contribution in [-0.4, -0.2) is 32.2 Å². The summed E-state index contributed by atoms with van der Waals surface area (Å²) in [6, 6.07) is 10.7. The SMILES string of the molecule is COc1cc2c(cc1OC)C(c1cccs1)N(CC#N)CC2. The molecule has 1 aromatic carbocycles. The number of hydrogen-bond acceptors (Lipinski definition) is 5. The quantitative estimate of drug-likeness (QED) is 0.813. The number of fused-ring (bicyclic) bond motifs is 1. The molecule has 0 bridgehead atoms. The zero-order valence-corrected chi connectivity index (χ0v) is 13.5. The Labute approximate surface area is 134 Å². The van der Waals surface area contributed by atoms with Crippen molar-refractivity contribution in [2.45, 2.75) is 12.5 Å². The lowest BCUT2D eigenvalue weighted by molar-refractivity contribution is 0.241. The minimum Gasteiger partial charge on any atom is -0.493 e. The standard InChI is InChI=1S/C17H18N2O2S/c1-20-14-10-12-5-7-19(8-6-18)17(16-4-3-9-22-16)13(12)11-15(14)21-2/h3-4,9-11,17H,5,7-8H2,1-2H3. The summed E-state index contributed by atoms with van der Waals surface area (Å²) < 4.78 is 10.9. The fraction of sp³-hybridized carbons (Fsp3) is 0.353. The number of methoxy groups -OCH3 is 2. The van der Waals surface area contributed by atoms with Crippen molar-refractivity contribution in [2.75, 3.05) is 27.3 Å². The molecule has 0 saturated carbocycles. The van der Waals surface area contributed by atoms with Crippen LogP contribution in [0.25, 0.3) is 0 Å². The third kappa shape index (κ3) is 2.56. The number of nitriles is 1. The molecule has 1 atom stereocenters. The van der Waals surface area contributed by atoms with Crippen LogP contribution < -0.4 is 9.47 Å². The van der Waals surface area contributed by atoms with E-state index in [2.05, 4.69) is 40.6 Å². The number of ether oxygens (including phenoxy) is 2. The van der Waals surface area contributed by atoms with Gasteiger partial charge in [-0.05, 0) is 41.1 Å². The Kier molecular flexibility index (Phi) is 4.32. The molecule has 3 rings (SSSR count). The van der Waals surface area contributed by atoms with Gasteiger partial charge in [0.15, 0.2) is 11.5 Å². The Bertz CT molecular complexity index is 691. The molecule has 0 N–H and O–H groups in total. The van der Waals surface area contributed by atoms with Gasteiger partial charge in [0.1, 0.15) is 0 Å². The van der Waals surface area contributed by atoms with E-state index in [1.807, 2.05) is 0 Å². The predicted molar refractivity (Wildman–Crippen MR) is 86.6 cm³/mol. The molecular formula is C17H18N2O2S. The fourth-order valence-electron chi connectivity index (χ4n) is 3.04. The first kappa shape index (κ1) is 14.9. The lowest BCUT2D eigenvalue weighted by Gasteiger charge is -2.35. The van der Waals surface area contributed by atoms with Crippen molar-refractivity contribution in [2.24, 2.45) is 0 Å². The van der Waals surface area contributed by atoms with E-state index in [9.17, 15) is 0 Å². The number of rotatable bonds is 4. The smallest absolute Gasteiger partial charge is 0.161 e. The summed E-state index contributed by atoms with van der Waals surface area (Å²) >= 11 is 1.72. The van der Waals surface area contributed by atoms with Crippen molar-refractivity contribution in [3.8, 4) is 17.6 Å². The van der Waals surface area contributed by atoms with Crippen LogP contribution in [0.3, 0.4) is 0 Å². The molecule has 1 aliphatic heterocycles. The molecule has 0 amide bonds. The van der Waals surface area contributed by atoms with Crippen LogP contribution in [0.1, 0.15) is 22.0 Å². The second kappa shape index (κ2) is 6.39. The van der Waals surface area contributed by atoms with E-state index in [0.29, 0.717) is 6.54 Å². The van der Waals surface area contributed by atoms with Gasteiger partial charge >= 0.3 is 0 Å². The highest BCUT2D eigenvalue weighted by atomic mass is 32.1. The largest absolute Gasteiger partial charge is 0.493 e. The van der Waals surface area contributed by atoms with E-state index in [-0.39, 0.29) is 6.04 Å². The molecule has 1 aromatic heterocycles. The van der Waals surface area contributed by atoms with Crippen molar-refractivity contribution in [3.63, 3.8) is 0 Å². The van der Waals surface area contributed by atoms with E-state index in [1.54, 1.807) is 25.6 Å². The second-order valence-electron chi connectivity index (χ2n) is 5.20. The minimum absolute atomic E-state index is 0.114. The molecule has 1 unspecified atom stereocenters. The summed E-state index contributed by atoms with van der Waals surface area (Å²) in [5.74, 6) is 1.50. The van der Waals surface area contributed by atoms with Crippen molar-refractivity contribution < 1.29 is 9.47 Å². The molecule has 0 spiro atoms. The predicted octanol–water partition coefficient (Wildman–Crippen LogP) is 3.24. The van der Waals surface area contributed by atoms with Gasteiger partial charge in [-0.15, -0.1) is 11.3 Å². The molecule has 2 heterocycles. The van der Waals surface area contributed by atoms with Crippen LogP contribution >= 0.6 is 11.3 Å². The molecule has 5 heteroatoms. The lowest BCUT2D eigenvalue weighted by Crippen LogP contribution is -2.36. The molecule has 1 aliphatic rings. The first-order valence-electron chi connectivity index (χ1n) is 7.17. The molecule has 4 nitrogen and oxygen atoms in total. The maximum atomic E-state index is 9.13. The Balaban J connectivity index is 2.12. The summed E-state index contributed by atoms with van der Waals surface area (Å²) in [5.41, 5.74) is 2.48. The van der Waals surface area contributed by atoms with Gasteiger partial charge in [0, 0.05) is 11.4 Å². The lowest BCUT2D eigenvalue weighted by atomic mass is 9.91. The summed E-state index contributed by atoms with van der Waals surface area (Å²) in [4.78, 5) is 3.48. The first-order chi connectivity index (χ1) is 10.8. The second-order valence-corrected chi connectivity index (χ2v) is 6.18. The Morgan fingerprint density at radius 1 is 1.32 bits per heavy atom. The normalized spacial score (nSPS) is 17.6. The highest BCUT2D eigenvalue weighted by Gasteiger charge is 2.30. The van der Waals surface area contributed by atoms with Crippen molar-refractivity contribution in [1.29, 1.82) is 5.26 Å². The number of hydrogen-bond donors (Lipinski definition) is 0. The van der Waals surface area contributed by atoms with Crippen molar-refractivity contribution in [3.05, 3.63) is 45.6 Å². The van der Waals surface area contributed by atoms with Gasteiger partial charge in [0.2, 0.25) is 0 Å². The van der Waals surface area contributed by atoms with Crippen LogP contribution in [0.5, 0.6) is 11.5 Å². The molecule has 2 aromatic rings. The van der Waals surface area contributed by atoms with E-state index in [4.69, 9.17) is 14.7 Å².